The maximum atomic E-state index is 11.2. The van der Waals surface area contributed by atoms with Crippen molar-refractivity contribution in [1.29, 1.82) is 0 Å². The van der Waals surface area contributed by atoms with Gasteiger partial charge in [0.2, 0.25) is 0 Å². The predicted octanol–water partition coefficient (Wildman–Crippen LogP) is 2.24. The lowest BCUT2D eigenvalue weighted by atomic mass is 9.95. The number of hydrogen-bond acceptors (Lipinski definition) is 4. The van der Waals surface area contributed by atoms with Crippen molar-refractivity contribution in [2.75, 3.05) is 12.9 Å². The highest BCUT2D eigenvalue weighted by Crippen LogP contribution is 2.15. The van der Waals surface area contributed by atoms with Gasteiger partial charge < -0.3 is 4.74 Å². The summed E-state index contributed by atoms with van der Waals surface area (Å²) < 4.78 is 4.53. The summed E-state index contributed by atoms with van der Waals surface area (Å²) in [5, 5.41) is 0. The Morgan fingerprint density at radius 2 is 1.93 bits per heavy atom. The first kappa shape index (κ1) is 14.5. The summed E-state index contributed by atoms with van der Waals surface area (Å²) in [6.07, 6.45) is 3.82. The zero-order valence-corrected chi connectivity index (χ0v) is 10.4. The third-order valence-corrected chi connectivity index (χ3v) is 2.72. The first-order valence-corrected chi connectivity index (χ1v) is 5.93. The molecular weight excluding hydrogens is 212 g/mol. The number of Topliss-reactive ketones (excluding diaryl/α,β-unsaturated/α-hetero) is 1. The molecule has 0 aliphatic carbocycles. The van der Waals surface area contributed by atoms with E-state index in [0.29, 0.717) is 6.42 Å². The molecule has 0 aliphatic rings. The van der Waals surface area contributed by atoms with Crippen molar-refractivity contribution in [2.45, 2.75) is 39.0 Å². The Hall–Kier alpha value is -0.510. The molecule has 0 aromatic heterocycles. The first-order valence-electron chi connectivity index (χ1n) is 5.30. The molecule has 0 spiro atoms. The van der Waals surface area contributed by atoms with Crippen molar-refractivity contribution in [2.24, 2.45) is 5.92 Å². The maximum Gasteiger partial charge on any atom is 0.305 e. The molecule has 0 radical (unpaired) electrons. The van der Waals surface area contributed by atoms with Crippen molar-refractivity contribution in [1.82, 2.24) is 0 Å². The maximum absolute atomic E-state index is 11.2. The number of thiol groups is 1. The zero-order chi connectivity index (χ0) is 11.7. The monoisotopic (exact) mass is 232 g/mol. The van der Waals surface area contributed by atoms with Crippen LogP contribution in [0.25, 0.3) is 0 Å². The van der Waals surface area contributed by atoms with Crippen LogP contribution in [0.3, 0.4) is 0 Å². The molecular formula is C11H20O3S. The van der Waals surface area contributed by atoms with E-state index in [0.717, 1.165) is 31.4 Å². The van der Waals surface area contributed by atoms with Gasteiger partial charge in [-0.1, -0.05) is 6.42 Å². The normalized spacial score (nSPS) is 12.2. The Kier molecular flexibility index (Phi) is 8.47. The van der Waals surface area contributed by atoms with Gasteiger partial charge in [-0.15, -0.1) is 0 Å². The molecule has 15 heavy (non-hydrogen) atoms. The molecule has 1 atom stereocenters. The van der Waals surface area contributed by atoms with E-state index in [1.165, 1.54) is 7.11 Å². The number of carbonyl (C=O) groups is 2. The lowest BCUT2D eigenvalue weighted by Gasteiger charge is -2.11. The van der Waals surface area contributed by atoms with Crippen LogP contribution in [0.5, 0.6) is 0 Å². The minimum Gasteiger partial charge on any atom is -0.469 e. The highest BCUT2D eigenvalue weighted by Gasteiger charge is 2.12. The molecule has 0 aliphatic heterocycles. The number of ether oxygens (including phenoxy) is 1. The minimum absolute atomic E-state index is 0.111. The Morgan fingerprint density at radius 3 is 2.40 bits per heavy atom. The Bertz CT molecular complexity index is 204. The summed E-state index contributed by atoms with van der Waals surface area (Å²) in [7, 11) is 1.39. The topological polar surface area (TPSA) is 43.4 Å². The van der Waals surface area contributed by atoms with Crippen LogP contribution in [0.1, 0.15) is 39.0 Å². The quantitative estimate of drug-likeness (QED) is 0.396. The average molecular weight is 232 g/mol. The molecule has 0 saturated carbocycles. The van der Waals surface area contributed by atoms with Crippen molar-refractivity contribution < 1.29 is 14.3 Å². The number of unbranched alkanes of at least 4 members (excludes halogenated alkanes) is 1. The van der Waals surface area contributed by atoms with Gasteiger partial charge in [0.05, 0.1) is 7.11 Å². The fourth-order valence-electron chi connectivity index (χ4n) is 1.47. The van der Waals surface area contributed by atoms with Gasteiger partial charge in [0.1, 0.15) is 5.78 Å². The number of rotatable bonds is 8. The van der Waals surface area contributed by atoms with E-state index in [-0.39, 0.29) is 17.7 Å². The molecule has 3 nitrogen and oxygen atoms in total. The highest BCUT2D eigenvalue weighted by molar-refractivity contribution is 7.80. The molecule has 0 saturated heterocycles. The van der Waals surface area contributed by atoms with E-state index in [2.05, 4.69) is 17.4 Å². The lowest BCUT2D eigenvalue weighted by Crippen LogP contribution is -2.11. The van der Waals surface area contributed by atoms with Crippen molar-refractivity contribution in [3.63, 3.8) is 0 Å². The summed E-state index contributed by atoms with van der Waals surface area (Å²) in [6.45, 7) is 1.62. The molecule has 0 aromatic rings. The van der Waals surface area contributed by atoms with Gasteiger partial charge in [-0.25, -0.2) is 0 Å². The largest absolute Gasteiger partial charge is 0.469 e. The van der Waals surface area contributed by atoms with Gasteiger partial charge in [0, 0.05) is 12.3 Å². The average Bonchev–Trinajstić information content (AvgIpc) is 2.21. The van der Waals surface area contributed by atoms with E-state index in [1.807, 2.05) is 0 Å². The van der Waals surface area contributed by atoms with Gasteiger partial charge in [0.15, 0.2) is 0 Å². The van der Waals surface area contributed by atoms with E-state index in [9.17, 15) is 9.59 Å². The molecule has 0 N–H and O–H groups in total. The second kappa shape index (κ2) is 8.77. The van der Waals surface area contributed by atoms with Crippen LogP contribution < -0.4 is 0 Å². The standard InChI is InChI=1S/C11H20O3S/c1-9(12)10(7-8-15)5-3-4-6-11(13)14-2/h10,15H,3-8H2,1-2H3. The van der Waals surface area contributed by atoms with Crippen LogP contribution in [-0.4, -0.2) is 24.6 Å². The summed E-state index contributed by atoms with van der Waals surface area (Å²) in [6, 6.07) is 0. The molecule has 0 aromatic carbocycles. The summed E-state index contributed by atoms with van der Waals surface area (Å²) in [4.78, 5) is 22.0. The summed E-state index contributed by atoms with van der Waals surface area (Å²) >= 11 is 4.12. The van der Waals surface area contributed by atoms with Crippen molar-refractivity contribution in [3.05, 3.63) is 0 Å². The van der Waals surface area contributed by atoms with Crippen LogP contribution in [0.2, 0.25) is 0 Å². The molecule has 0 bridgehead atoms. The van der Waals surface area contributed by atoms with Crippen molar-refractivity contribution >= 4 is 24.4 Å². The zero-order valence-electron chi connectivity index (χ0n) is 9.49. The Labute approximate surface area is 97.0 Å². The second-order valence-electron chi connectivity index (χ2n) is 3.64. The first-order chi connectivity index (χ1) is 7.11. The molecule has 0 heterocycles. The number of methoxy groups -OCH3 is 1. The molecule has 88 valence electrons. The number of esters is 1. The van der Waals surface area contributed by atoms with E-state index in [4.69, 9.17) is 0 Å². The van der Waals surface area contributed by atoms with Gasteiger partial charge in [-0.05, 0) is 31.9 Å². The summed E-state index contributed by atoms with van der Waals surface area (Å²) in [5.74, 6) is 0.896. The molecule has 1 unspecified atom stereocenters. The molecule has 0 fully saturated rings. The number of ketones is 1. The van der Waals surface area contributed by atoms with Gasteiger partial charge in [-0.2, -0.15) is 12.6 Å². The van der Waals surface area contributed by atoms with Crippen molar-refractivity contribution in [3.8, 4) is 0 Å². The third-order valence-electron chi connectivity index (χ3n) is 2.46. The molecule has 0 rings (SSSR count). The minimum atomic E-state index is -0.177. The van der Waals surface area contributed by atoms with Crippen LogP contribution in [0.4, 0.5) is 0 Å². The molecule has 0 amide bonds. The van der Waals surface area contributed by atoms with E-state index < -0.39 is 0 Å². The van der Waals surface area contributed by atoms with Crippen LogP contribution in [-0.2, 0) is 14.3 Å². The van der Waals surface area contributed by atoms with Crippen LogP contribution >= 0.6 is 12.6 Å². The fraction of sp³-hybridized carbons (Fsp3) is 0.818. The van der Waals surface area contributed by atoms with E-state index in [1.54, 1.807) is 6.92 Å². The van der Waals surface area contributed by atoms with Crippen LogP contribution in [0, 0.1) is 5.92 Å². The lowest BCUT2D eigenvalue weighted by molar-refractivity contribution is -0.140. The number of hydrogen-bond donors (Lipinski definition) is 1. The van der Waals surface area contributed by atoms with E-state index >= 15 is 0 Å². The third kappa shape index (κ3) is 7.42. The number of carbonyl (C=O) groups excluding carboxylic acids is 2. The molecule has 4 heteroatoms. The Morgan fingerprint density at radius 1 is 1.27 bits per heavy atom. The SMILES string of the molecule is COC(=O)CCCCC(CCS)C(C)=O. The van der Waals surface area contributed by atoms with Gasteiger partial charge >= 0.3 is 5.97 Å². The smallest absolute Gasteiger partial charge is 0.305 e. The van der Waals surface area contributed by atoms with Gasteiger partial charge in [0.25, 0.3) is 0 Å². The fourth-order valence-corrected chi connectivity index (χ4v) is 1.78. The summed E-state index contributed by atoms with van der Waals surface area (Å²) in [5.41, 5.74) is 0. The second-order valence-corrected chi connectivity index (χ2v) is 4.09. The highest BCUT2D eigenvalue weighted by atomic mass is 32.1. The van der Waals surface area contributed by atoms with Gasteiger partial charge in [-0.3, -0.25) is 9.59 Å². The van der Waals surface area contributed by atoms with Crippen LogP contribution in [0.15, 0.2) is 0 Å². The predicted molar refractivity (Wildman–Crippen MR) is 63.1 cm³/mol. The Balaban J connectivity index is 3.62.